The molecule has 0 saturated carbocycles. The van der Waals surface area contributed by atoms with Crippen LogP contribution in [0, 0.1) is 6.92 Å². The van der Waals surface area contributed by atoms with E-state index in [0.717, 1.165) is 27.9 Å². The van der Waals surface area contributed by atoms with E-state index in [1.54, 1.807) is 36.7 Å². The van der Waals surface area contributed by atoms with E-state index in [1.807, 2.05) is 73.7 Å². The predicted molar refractivity (Wildman–Crippen MR) is 150 cm³/mol. The van der Waals surface area contributed by atoms with Crippen LogP contribution in [0.1, 0.15) is 27.9 Å². The molecule has 0 fully saturated rings. The number of allylic oxidation sites excluding steroid dienone is 1. The summed E-state index contributed by atoms with van der Waals surface area (Å²) < 4.78 is 29.2. The predicted octanol–water partition coefficient (Wildman–Crippen LogP) is 6.12. The Bertz CT molecular complexity index is 1670. The lowest BCUT2D eigenvalue weighted by Gasteiger charge is -2.34. The topological polar surface area (TPSA) is 76.9 Å². The molecule has 7 heteroatoms. The average molecular weight is 519 g/mol. The molecule has 1 aliphatic rings. The van der Waals surface area contributed by atoms with Gasteiger partial charge in [-0.3, -0.25) is 4.98 Å². The van der Waals surface area contributed by atoms with Crippen LogP contribution in [-0.4, -0.2) is 22.6 Å². The number of nitrogens with zero attached hydrogens (tertiary/aromatic N) is 3. The lowest BCUT2D eigenvalue weighted by Crippen LogP contribution is -2.32. The first kappa shape index (κ1) is 23.9. The molecule has 1 unspecified atom stereocenters. The number of aromatic nitrogens is 3. The zero-order valence-electron chi connectivity index (χ0n) is 20.8. The number of para-hydroxylation sites is 1. The van der Waals surface area contributed by atoms with Crippen LogP contribution < -0.4 is 5.32 Å². The molecule has 38 heavy (non-hydrogen) atoms. The van der Waals surface area contributed by atoms with Crippen LogP contribution in [0.15, 0.2) is 120 Å². The zero-order chi connectivity index (χ0) is 26.2. The molecule has 0 radical (unpaired) electrons. The van der Waals surface area contributed by atoms with E-state index in [9.17, 15) is 8.42 Å². The number of hydrogen-bond donors (Lipinski definition) is 1. The third kappa shape index (κ3) is 4.11. The Morgan fingerprint density at radius 2 is 1.45 bits per heavy atom. The standard InChI is InChI=1S/C31H26N4O2S/c1-23-12-14-27(15-13-23)38(36,37)35-29-22-31(24-8-4-2-5-9-24,25-17-20-32-21-18-25)19-16-28(29)30(34-35)33-26-10-6-3-7-11-26/h2-21H,22H2,1H3,(H,33,34). The summed E-state index contributed by atoms with van der Waals surface area (Å²) in [6, 6.07) is 30.6. The van der Waals surface area contributed by atoms with Gasteiger partial charge in [0.1, 0.15) is 0 Å². The molecule has 0 saturated heterocycles. The van der Waals surface area contributed by atoms with Crippen molar-refractivity contribution in [2.45, 2.75) is 23.7 Å². The lowest BCUT2D eigenvalue weighted by molar-refractivity contribution is 0.565. The van der Waals surface area contributed by atoms with Crippen molar-refractivity contribution in [3.8, 4) is 0 Å². The summed E-state index contributed by atoms with van der Waals surface area (Å²) in [5.41, 5.74) is 4.68. The summed E-state index contributed by atoms with van der Waals surface area (Å²) in [5, 5.41) is 8.00. The third-order valence-electron chi connectivity index (χ3n) is 7.04. The first-order chi connectivity index (χ1) is 18.5. The van der Waals surface area contributed by atoms with Gasteiger partial charge in [-0.15, -0.1) is 5.10 Å². The summed E-state index contributed by atoms with van der Waals surface area (Å²) in [6.45, 7) is 1.93. The highest BCUT2D eigenvalue weighted by atomic mass is 32.2. The highest BCUT2D eigenvalue weighted by Gasteiger charge is 2.39. The molecule has 0 aliphatic heterocycles. The highest BCUT2D eigenvalue weighted by Crippen LogP contribution is 2.44. The minimum absolute atomic E-state index is 0.198. The maximum absolute atomic E-state index is 14.0. The van der Waals surface area contributed by atoms with Gasteiger partial charge in [-0.2, -0.15) is 12.5 Å². The molecule has 0 spiro atoms. The van der Waals surface area contributed by atoms with Crippen molar-refractivity contribution in [2.24, 2.45) is 0 Å². The summed E-state index contributed by atoms with van der Waals surface area (Å²) in [4.78, 5) is 4.41. The van der Waals surface area contributed by atoms with E-state index >= 15 is 0 Å². The molecule has 5 aromatic rings. The molecule has 3 aromatic carbocycles. The van der Waals surface area contributed by atoms with Gasteiger partial charge in [0.15, 0.2) is 5.82 Å². The second kappa shape index (κ2) is 9.43. The van der Waals surface area contributed by atoms with Gasteiger partial charge in [-0.05, 0) is 54.4 Å². The van der Waals surface area contributed by atoms with Crippen LogP contribution in [0.4, 0.5) is 11.5 Å². The van der Waals surface area contributed by atoms with Crippen LogP contribution in [-0.2, 0) is 21.9 Å². The molecule has 1 N–H and O–H groups in total. The van der Waals surface area contributed by atoms with Crippen molar-refractivity contribution in [1.29, 1.82) is 0 Å². The van der Waals surface area contributed by atoms with E-state index < -0.39 is 15.4 Å². The Hall–Kier alpha value is -4.49. The maximum Gasteiger partial charge on any atom is 0.283 e. The van der Waals surface area contributed by atoms with Gasteiger partial charge < -0.3 is 5.32 Å². The quantitative estimate of drug-likeness (QED) is 0.293. The van der Waals surface area contributed by atoms with Crippen LogP contribution in [0.25, 0.3) is 6.08 Å². The van der Waals surface area contributed by atoms with Gasteiger partial charge in [0.2, 0.25) is 0 Å². The molecular formula is C31H26N4O2S. The Morgan fingerprint density at radius 3 is 2.13 bits per heavy atom. The summed E-state index contributed by atoms with van der Waals surface area (Å²) in [5.74, 6) is 0.495. The minimum Gasteiger partial charge on any atom is -0.338 e. The first-order valence-corrected chi connectivity index (χ1v) is 13.8. The Kier molecular flexibility index (Phi) is 5.93. The van der Waals surface area contributed by atoms with Gasteiger partial charge in [0, 0.05) is 35.5 Å². The molecule has 0 bridgehead atoms. The third-order valence-corrected chi connectivity index (χ3v) is 8.66. The van der Waals surface area contributed by atoms with Crippen LogP contribution in [0.3, 0.4) is 0 Å². The van der Waals surface area contributed by atoms with E-state index in [4.69, 9.17) is 0 Å². The molecule has 1 aliphatic carbocycles. The van der Waals surface area contributed by atoms with E-state index in [1.165, 1.54) is 4.09 Å². The van der Waals surface area contributed by atoms with Crippen LogP contribution in [0.5, 0.6) is 0 Å². The number of benzene rings is 3. The lowest BCUT2D eigenvalue weighted by atomic mass is 9.69. The summed E-state index contributed by atoms with van der Waals surface area (Å²) >= 11 is 0. The largest absolute Gasteiger partial charge is 0.338 e. The molecule has 1 atom stereocenters. The zero-order valence-corrected chi connectivity index (χ0v) is 21.6. The van der Waals surface area contributed by atoms with Crippen LogP contribution >= 0.6 is 0 Å². The highest BCUT2D eigenvalue weighted by molar-refractivity contribution is 7.89. The molecule has 6 rings (SSSR count). The smallest absolute Gasteiger partial charge is 0.283 e. The number of aryl methyl sites for hydroxylation is 1. The minimum atomic E-state index is -3.96. The van der Waals surface area contributed by atoms with Gasteiger partial charge in [-0.25, -0.2) is 0 Å². The van der Waals surface area contributed by atoms with Crippen molar-refractivity contribution in [1.82, 2.24) is 14.2 Å². The maximum atomic E-state index is 14.0. The SMILES string of the molecule is Cc1ccc(S(=O)(=O)n2nc(Nc3ccccc3)c3c2CC(c2ccccc2)(c2ccncc2)C=C3)cc1. The molecule has 0 amide bonds. The summed E-state index contributed by atoms with van der Waals surface area (Å²) in [7, 11) is -3.96. The van der Waals surface area contributed by atoms with Gasteiger partial charge >= 0.3 is 0 Å². The van der Waals surface area contributed by atoms with Crippen molar-refractivity contribution in [3.05, 3.63) is 143 Å². The van der Waals surface area contributed by atoms with Gasteiger partial charge in [0.25, 0.3) is 10.0 Å². The number of anilines is 2. The van der Waals surface area contributed by atoms with Crippen molar-refractivity contribution < 1.29 is 8.42 Å². The fourth-order valence-corrected chi connectivity index (χ4v) is 6.36. The fraction of sp³-hybridized carbons (Fsp3) is 0.0968. The number of hydrogen-bond acceptors (Lipinski definition) is 5. The average Bonchev–Trinajstić information content (AvgIpc) is 3.32. The molecular weight excluding hydrogens is 492 g/mol. The second-order valence-corrected chi connectivity index (χ2v) is 11.2. The van der Waals surface area contributed by atoms with Crippen molar-refractivity contribution in [2.75, 3.05) is 5.32 Å². The molecule has 188 valence electrons. The normalized spacial score (nSPS) is 16.7. The Labute approximate surface area is 222 Å². The monoisotopic (exact) mass is 518 g/mol. The number of fused-ring (bicyclic) bond motifs is 1. The second-order valence-electron chi connectivity index (χ2n) is 9.44. The van der Waals surface area contributed by atoms with Gasteiger partial charge in [-0.1, -0.05) is 78.4 Å². The number of rotatable bonds is 6. The number of nitrogens with one attached hydrogen (secondary N) is 1. The Balaban J connectivity index is 1.57. The molecule has 2 heterocycles. The number of pyridine rings is 1. The first-order valence-electron chi connectivity index (χ1n) is 12.4. The van der Waals surface area contributed by atoms with Gasteiger partial charge in [0.05, 0.1) is 10.6 Å². The fourth-order valence-electron chi connectivity index (χ4n) is 5.04. The summed E-state index contributed by atoms with van der Waals surface area (Å²) in [6.07, 6.45) is 8.09. The Morgan fingerprint density at radius 1 is 0.816 bits per heavy atom. The molecule has 6 nitrogen and oxygen atoms in total. The van der Waals surface area contributed by atoms with Crippen LogP contribution in [0.2, 0.25) is 0 Å². The van der Waals surface area contributed by atoms with Crippen molar-refractivity contribution in [3.63, 3.8) is 0 Å². The van der Waals surface area contributed by atoms with E-state index in [2.05, 4.69) is 33.6 Å². The van der Waals surface area contributed by atoms with E-state index in [-0.39, 0.29) is 4.90 Å². The molecule has 2 aromatic heterocycles. The van der Waals surface area contributed by atoms with Crippen molar-refractivity contribution >= 4 is 27.6 Å². The van der Waals surface area contributed by atoms with E-state index in [0.29, 0.717) is 17.9 Å².